The number of carbonyl (C=O) groups excluding carboxylic acids is 2. The predicted molar refractivity (Wildman–Crippen MR) is 92.8 cm³/mol. The zero-order valence-electron chi connectivity index (χ0n) is 14.7. The van der Waals surface area contributed by atoms with Crippen molar-refractivity contribution in [1.82, 2.24) is 5.32 Å². The summed E-state index contributed by atoms with van der Waals surface area (Å²) in [7, 11) is 0. The number of rotatable bonds is 10. The lowest BCUT2D eigenvalue weighted by Crippen LogP contribution is -2.39. The third kappa shape index (κ3) is 6.53. The Morgan fingerprint density at radius 2 is 1.78 bits per heavy atom. The molecule has 0 fully saturated rings. The van der Waals surface area contributed by atoms with E-state index < -0.39 is 6.04 Å². The summed E-state index contributed by atoms with van der Waals surface area (Å²) in [6.07, 6.45) is 2.08. The number of unbranched alkanes of at least 4 members (excludes halogenated alkanes) is 1. The van der Waals surface area contributed by atoms with Gasteiger partial charge in [0, 0.05) is 5.56 Å². The Hall–Kier alpha value is -1.68. The van der Waals surface area contributed by atoms with Crippen LogP contribution in [0.3, 0.4) is 0 Å². The van der Waals surface area contributed by atoms with Crippen LogP contribution in [0.1, 0.15) is 68.8 Å². The number of carbonyl (C=O) groups is 2. The van der Waals surface area contributed by atoms with E-state index in [1.54, 1.807) is 6.92 Å². The molecule has 0 aliphatic carbocycles. The van der Waals surface area contributed by atoms with Gasteiger partial charge in [0.1, 0.15) is 0 Å². The summed E-state index contributed by atoms with van der Waals surface area (Å²) in [6, 6.07) is 7.12. The Morgan fingerprint density at radius 1 is 1.13 bits per heavy atom. The minimum Gasteiger partial charge on any atom is -0.466 e. The molecular formula is C19H29NO3. The maximum absolute atomic E-state index is 12.7. The van der Waals surface area contributed by atoms with Crippen LogP contribution < -0.4 is 5.32 Å². The van der Waals surface area contributed by atoms with E-state index in [1.165, 1.54) is 5.56 Å². The molecule has 0 bridgehead atoms. The van der Waals surface area contributed by atoms with Crippen molar-refractivity contribution in [3.8, 4) is 0 Å². The van der Waals surface area contributed by atoms with Crippen LogP contribution in [0.15, 0.2) is 24.3 Å². The highest BCUT2D eigenvalue weighted by Crippen LogP contribution is 2.16. The summed E-state index contributed by atoms with van der Waals surface area (Å²) in [5.41, 5.74) is 1.83. The third-order valence-corrected chi connectivity index (χ3v) is 3.78. The molecule has 0 saturated carbocycles. The number of nitrogens with one attached hydrogen (secondary N) is 1. The summed E-state index contributed by atoms with van der Waals surface area (Å²) >= 11 is 0. The Balaban J connectivity index is 2.81. The molecule has 0 aromatic heterocycles. The van der Waals surface area contributed by atoms with Gasteiger partial charge in [0.2, 0.25) is 0 Å². The van der Waals surface area contributed by atoms with E-state index in [4.69, 9.17) is 4.74 Å². The first-order valence-electron chi connectivity index (χ1n) is 8.52. The highest BCUT2D eigenvalue weighted by Gasteiger charge is 2.23. The molecule has 1 N–H and O–H groups in total. The molecule has 0 amide bonds. The van der Waals surface area contributed by atoms with Crippen LogP contribution in [-0.4, -0.2) is 30.9 Å². The third-order valence-electron chi connectivity index (χ3n) is 3.78. The van der Waals surface area contributed by atoms with Gasteiger partial charge in [-0.05, 0) is 31.4 Å². The summed E-state index contributed by atoms with van der Waals surface area (Å²) in [5.74, 6) is 0.0373. The highest BCUT2D eigenvalue weighted by molar-refractivity contribution is 6.01. The molecule has 0 spiro atoms. The fourth-order valence-electron chi connectivity index (χ4n) is 2.33. The normalized spacial score (nSPS) is 12.2. The summed E-state index contributed by atoms with van der Waals surface area (Å²) in [4.78, 5) is 24.4. The second-order valence-electron chi connectivity index (χ2n) is 6.01. The van der Waals surface area contributed by atoms with Crippen molar-refractivity contribution in [2.24, 2.45) is 0 Å². The molecule has 1 atom stereocenters. The number of benzene rings is 1. The Morgan fingerprint density at radius 3 is 2.30 bits per heavy atom. The highest BCUT2D eigenvalue weighted by atomic mass is 16.5. The van der Waals surface area contributed by atoms with Gasteiger partial charge in [0.25, 0.3) is 0 Å². The maximum atomic E-state index is 12.7. The smallest absolute Gasteiger partial charge is 0.307 e. The number of ether oxygens (including phenoxy) is 1. The molecule has 0 radical (unpaired) electrons. The van der Waals surface area contributed by atoms with Crippen LogP contribution in [0.25, 0.3) is 0 Å². The Bertz CT molecular complexity index is 494. The SMILES string of the molecule is CCCCNC(CC(=O)OCC)C(=O)c1ccc(C(C)C)cc1. The van der Waals surface area contributed by atoms with E-state index in [1.807, 2.05) is 24.3 Å². The first-order chi connectivity index (χ1) is 11.0. The lowest BCUT2D eigenvalue weighted by Gasteiger charge is -2.17. The van der Waals surface area contributed by atoms with E-state index in [0.29, 0.717) is 18.1 Å². The van der Waals surface area contributed by atoms with E-state index in [-0.39, 0.29) is 18.2 Å². The number of hydrogen-bond acceptors (Lipinski definition) is 4. The monoisotopic (exact) mass is 319 g/mol. The van der Waals surface area contributed by atoms with E-state index >= 15 is 0 Å². The van der Waals surface area contributed by atoms with Gasteiger partial charge in [-0.2, -0.15) is 0 Å². The van der Waals surface area contributed by atoms with Gasteiger partial charge in [-0.25, -0.2) is 0 Å². The second-order valence-corrected chi connectivity index (χ2v) is 6.01. The quantitative estimate of drug-likeness (QED) is 0.406. The van der Waals surface area contributed by atoms with Gasteiger partial charge in [-0.1, -0.05) is 51.5 Å². The molecule has 1 rings (SSSR count). The number of hydrogen-bond donors (Lipinski definition) is 1. The zero-order chi connectivity index (χ0) is 17.2. The largest absolute Gasteiger partial charge is 0.466 e. The molecule has 128 valence electrons. The van der Waals surface area contributed by atoms with Crippen molar-refractivity contribution in [2.45, 2.75) is 58.9 Å². The lowest BCUT2D eigenvalue weighted by molar-refractivity contribution is -0.143. The van der Waals surface area contributed by atoms with Gasteiger partial charge in [0.15, 0.2) is 5.78 Å². The van der Waals surface area contributed by atoms with Gasteiger partial charge in [0.05, 0.1) is 19.1 Å². The molecule has 4 nitrogen and oxygen atoms in total. The molecule has 0 aliphatic heterocycles. The first-order valence-corrected chi connectivity index (χ1v) is 8.52. The topological polar surface area (TPSA) is 55.4 Å². The van der Waals surface area contributed by atoms with Gasteiger partial charge < -0.3 is 10.1 Å². The van der Waals surface area contributed by atoms with Crippen LogP contribution >= 0.6 is 0 Å². The molecule has 0 saturated heterocycles. The minimum absolute atomic E-state index is 0.0514. The number of Topliss-reactive ketones (excluding diaryl/α,β-unsaturated/α-hetero) is 1. The molecule has 1 unspecified atom stereocenters. The Kier molecular flexibility index (Phi) is 8.56. The van der Waals surface area contributed by atoms with E-state index in [9.17, 15) is 9.59 Å². The van der Waals surface area contributed by atoms with Crippen LogP contribution in [-0.2, 0) is 9.53 Å². The number of ketones is 1. The fraction of sp³-hybridized carbons (Fsp3) is 0.579. The van der Waals surface area contributed by atoms with Gasteiger partial charge in [-0.15, -0.1) is 0 Å². The van der Waals surface area contributed by atoms with Gasteiger partial charge in [-0.3, -0.25) is 9.59 Å². The summed E-state index contributed by atoms with van der Waals surface area (Å²) in [6.45, 7) is 9.14. The van der Waals surface area contributed by atoms with Crippen molar-refractivity contribution < 1.29 is 14.3 Å². The van der Waals surface area contributed by atoms with Crippen LogP contribution in [0.5, 0.6) is 0 Å². The van der Waals surface area contributed by atoms with Crippen molar-refractivity contribution in [3.05, 3.63) is 35.4 Å². The van der Waals surface area contributed by atoms with Crippen molar-refractivity contribution in [3.63, 3.8) is 0 Å². The summed E-state index contributed by atoms with van der Waals surface area (Å²) < 4.78 is 4.98. The van der Waals surface area contributed by atoms with E-state index in [0.717, 1.165) is 19.4 Å². The zero-order valence-corrected chi connectivity index (χ0v) is 14.7. The molecule has 23 heavy (non-hydrogen) atoms. The average Bonchev–Trinajstić information content (AvgIpc) is 2.53. The predicted octanol–water partition coefficient (Wildman–Crippen LogP) is 3.70. The molecular weight excluding hydrogens is 290 g/mol. The first kappa shape index (κ1) is 19.4. The lowest BCUT2D eigenvalue weighted by atomic mass is 9.97. The van der Waals surface area contributed by atoms with Crippen LogP contribution in [0.4, 0.5) is 0 Å². The molecule has 1 aromatic carbocycles. The molecule has 4 heteroatoms. The number of esters is 1. The van der Waals surface area contributed by atoms with Crippen molar-refractivity contribution in [2.75, 3.05) is 13.2 Å². The molecule has 0 aliphatic rings. The minimum atomic E-state index is -0.523. The van der Waals surface area contributed by atoms with E-state index in [2.05, 4.69) is 26.1 Å². The van der Waals surface area contributed by atoms with Crippen molar-refractivity contribution in [1.29, 1.82) is 0 Å². The van der Waals surface area contributed by atoms with Crippen LogP contribution in [0, 0.1) is 0 Å². The van der Waals surface area contributed by atoms with Gasteiger partial charge >= 0.3 is 5.97 Å². The summed E-state index contributed by atoms with van der Waals surface area (Å²) in [5, 5.41) is 3.20. The maximum Gasteiger partial charge on any atom is 0.307 e. The Labute approximate surface area is 139 Å². The molecule has 0 heterocycles. The van der Waals surface area contributed by atoms with Crippen molar-refractivity contribution >= 4 is 11.8 Å². The second kappa shape index (κ2) is 10.2. The molecule has 1 aromatic rings. The fourth-order valence-corrected chi connectivity index (χ4v) is 2.33. The van der Waals surface area contributed by atoms with Crippen LogP contribution in [0.2, 0.25) is 0 Å². The standard InChI is InChI=1S/C19H29NO3/c1-5-7-12-20-17(13-18(21)23-6-2)19(22)16-10-8-15(9-11-16)14(3)4/h8-11,14,17,20H,5-7,12-13H2,1-4H3. The average molecular weight is 319 g/mol.